The van der Waals surface area contributed by atoms with Gasteiger partial charge in [-0.15, -0.1) is 11.8 Å². The Morgan fingerprint density at radius 2 is 1.81 bits per heavy atom. The van der Waals surface area contributed by atoms with Gasteiger partial charge in [-0.1, -0.05) is 30.3 Å². The second kappa shape index (κ2) is 10.7. The number of hydrogen-bond acceptors (Lipinski definition) is 7. The van der Waals surface area contributed by atoms with Crippen LogP contribution in [0, 0.1) is 5.92 Å². The molecule has 2 aromatic heterocycles. The molecule has 2 aliphatic rings. The smallest absolute Gasteiger partial charge is 0.232 e. The lowest BCUT2D eigenvalue weighted by atomic mass is 10.0. The molecule has 0 saturated carbocycles. The van der Waals surface area contributed by atoms with E-state index in [1.165, 1.54) is 5.56 Å². The number of carbonyl (C=O) groups is 1. The molecular weight excluding hydrogens is 480 g/mol. The fraction of sp³-hybridized carbons (Fsp3) is 0.241. The lowest BCUT2D eigenvalue weighted by Crippen LogP contribution is -2.46. The number of anilines is 2. The monoisotopic (exact) mass is 508 g/mol. The third-order valence-electron chi connectivity index (χ3n) is 6.86. The van der Waals surface area contributed by atoms with Crippen LogP contribution in [0.4, 0.5) is 11.5 Å². The molecule has 4 heterocycles. The highest BCUT2D eigenvalue weighted by Gasteiger charge is 2.20. The number of thioether (sulfide) groups is 1. The van der Waals surface area contributed by atoms with Gasteiger partial charge >= 0.3 is 0 Å². The Kier molecular flexibility index (Phi) is 6.84. The molecule has 4 aromatic rings. The van der Waals surface area contributed by atoms with E-state index in [1.807, 2.05) is 66.5 Å². The number of benzene rings is 2. The molecule has 1 N–H and O–H groups in total. The van der Waals surface area contributed by atoms with Crippen molar-refractivity contribution in [2.75, 3.05) is 42.1 Å². The van der Waals surface area contributed by atoms with Crippen molar-refractivity contribution < 1.29 is 4.79 Å². The lowest BCUT2D eigenvalue weighted by Gasteiger charge is -2.35. The van der Waals surface area contributed by atoms with E-state index in [-0.39, 0.29) is 11.8 Å². The van der Waals surface area contributed by atoms with Crippen LogP contribution >= 0.6 is 11.8 Å². The van der Waals surface area contributed by atoms with Gasteiger partial charge in [0, 0.05) is 56.6 Å². The van der Waals surface area contributed by atoms with Crippen molar-refractivity contribution in [2.24, 2.45) is 5.92 Å². The van der Waals surface area contributed by atoms with Crippen molar-refractivity contribution in [3.05, 3.63) is 90.2 Å². The summed E-state index contributed by atoms with van der Waals surface area (Å²) in [7, 11) is 0. The van der Waals surface area contributed by atoms with Crippen molar-refractivity contribution in [1.29, 1.82) is 0 Å². The van der Waals surface area contributed by atoms with Gasteiger partial charge in [-0.2, -0.15) is 0 Å². The maximum Gasteiger partial charge on any atom is 0.232 e. The highest BCUT2D eigenvalue weighted by molar-refractivity contribution is 8.02. The SMILES string of the molecule is O=C(Nc1ccc(-c2ccc3ncc(N4CCN(Cc5cccnc5)CC4)nc3c2)cc1)C1C=CSC1. The molecule has 37 heavy (non-hydrogen) atoms. The van der Waals surface area contributed by atoms with Gasteiger partial charge in [0.1, 0.15) is 5.82 Å². The van der Waals surface area contributed by atoms with Gasteiger partial charge in [0.05, 0.1) is 23.1 Å². The molecule has 1 amide bonds. The van der Waals surface area contributed by atoms with Crippen molar-refractivity contribution in [2.45, 2.75) is 6.54 Å². The first-order valence-corrected chi connectivity index (χ1v) is 13.6. The number of aromatic nitrogens is 3. The number of amides is 1. The molecule has 0 spiro atoms. The van der Waals surface area contributed by atoms with Crippen LogP contribution in [0.5, 0.6) is 0 Å². The average Bonchev–Trinajstić information content (AvgIpc) is 3.49. The molecule has 0 aliphatic carbocycles. The Morgan fingerprint density at radius 3 is 2.57 bits per heavy atom. The van der Waals surface area contributed by atoms with Gasteiger partial charge in [0.25, 0.3) is 0 Å². The molecule has 7 nitrogen and oxygen atoms in total. The van der Waals surface area contributed by atoms with Crippen LogP contribution in [0.15, 0.2) is 84.7 Å². The Morgan fingerprint density at radius 1 is 0.973 bits per heavy atom. The number of nitrogens with one attached hydrogen (secondary N) is 1. The number of rotatable bonds is 6. The van der Waals surface area contributed by atoms with Crippen molar-refractivity contribution >= 4 is 40.2 Å². The van der Waals surface area contributed by atoms with Crippen molar-refractivity contribution in [1.82, 2.24) is 19.9 Å². The van der Waals surface area contributed by atoms with Crippen LogP contribution in [-0.2, 0) is 11.3 Å². The molecule has 1 atom stereocenters. The highest BCUT2D eigenvalue weighted by Crippen LogP contribution is 2.27. The maximum atomic E-state index is 12.4. The van der Waals surface area contributed by atoms with Crippen LogP contribution in [-0.4, -0.2) is 57.7 Å². The summed E-state index contributed by atoms with van der Waals surface area (Å²) >= 11 is 1.67. The van der Waals surface area contributed by atoms with Gasteiger partial charge in [-0.25, -0.2) is 4.98 Å². The topological polar surface area (TPSA) is 74.2 Å². The summed E-state index contributed by atoms with van der Waals surface area (Å²) in [6.45, 7) is 4.72. The number of fused-ring (bicyclic) bond motifs is 1. The van der Waals surface area contributed by atoms with Crippen LogP contribution < -0.4 is 10.2 Å². The fourth-order valence-electron chi connectivity index (χ4n) is 4.73. The minimum absolute atomic E-state index is 0.0421. The zero-order valence-electron chi connectivity index (χ0n) is 20.5. The first-order valence-electron chi connectivity index (χ1n) is 12.5. The van der Waals surface area contributed by atoms with E-state index in [4.69, 9.17) is 4.98 Å². The van der Waals surface area contributed by atoms with E-state index in [0.29, 0.717) is 0 Å². The summed E-state index contributed by atoms with van der Waals surface area (Å²) in [6, 6.07) is 18.3. The zero-order valence-corrected chi connectivity index (χ0v) is 21.3. The van der Waals surface area contributed by atoms with Gasteiger partial charge < -0.3 is 10.2 Å². The Labute approximate surface area is 220 Å². The van der Waals surface area contributed by atoms with E-state index in [0.717, 1.165) is 72.1 Å². The van der Waals surface area contributed by atoms with Gasteiger partial charge in [0.15, 0.2) is 0 Å². The first-order chi connectivity index (χ1) is 18.2. The highest BCUT2D eigenvalue weighted by atomic mass is 32.2. The summed E-state index contributed by atoms with van der Waals surface area (Å²) in [5.41, 5.74) is 5.98. The van der Waals surface area contributed by atoms with Crippen molar-refractivity contribution in [3.63, 3.8) is 0 Å². The molecule has 6 rings (SSSR count). The number of hydrogen-bond donors (Lipinski definition) is 1. The van der Waals surface area contributed by atoms with Crippen LogP contribution in [0.3, 0.4) is 0 Å². The molecule has 0 bridgehead atoms. The molecular formula is C29H28N6OS. The maximum absolute atomic E-state index is 12.4. The Balaban J connectivity index is 1.13. The van der Waals surface area contributed by atoms with Gasteiger partial charge in [-0.3, -0.25) is 19.7 Å². The number of piperazine rings is 1. The van der Waals surface area contributed by atoms with Crippen LogP contribution in [0.1, 0.15) is 5.56 Å². The number of carbonyl (C=O) groups excluding carboxylic acids is 1. The molecule has 186 valence electrons. The third-order valence-corrected chi connectivity index (χ3v) is 7.76. The van der Waals surface area contributed by atoms with Crippen LogP contribution in [0.25, 0.3) is 22.2 Å². The minimum atomic E-state index is -0.0536. The fourth-order valence-corrected chi connectivity index (χ4v) is 5.61. The molecule has 2 aromatic carbocycles. The normalized spacial score (nSPS) is 17.8. The van der Waals surface area contributed by atoms with Gasteiger partial charge in [-0.05, 0) is 52.4 Å². The molecule has 1 unspecified atom stereocenters. The van der Waals surface area contributed by atoms with E-state index in [1.54, 1.807) is 11.8 Å². The van der Waals surface area contributed by atoms with E-state index < -0.39 is 0 Å². The molecule has 1 fully saturated rings. The summed E-state index contributed by atoms with van der Waals surface area (Å²) in [6.07, 6.45) is 7.60. The molecule has 8 heteroatoms. The van der Waals surface area contributed by atoms with Crippen molar-refractivity contribution in [3.8, 4) is 11.1 Å². The molecule has 1 saturated heterocycles. The quantitative estimate of drug-likeness (QED) is 0.400. The largest absolute Gasteiger partial charge is 0.353 e. The standard InChI is InChI=1S/C29H28N6OS/c36-29(24-9-15-37-20-24)32-25-6-3-22(4-7-25)23-5-8-26-27(16-23)33-28(18-31-26)35-13-11-34(12-14-35)19-21-2-1-10-30-17-21/h1-10,15-18,24H,11-14,19-20H2,(H,32,36). The minimum Gasteiger partial charge on any atom is -0.353 e. The predicted octanol–water partition coefficient (Wildman–Crippen LogP) is 4.83. The zero-order chi connectivity index (χ0) is 25.0. The lowest BCUT2D eigenvalue weighted by molar-refractivity contribution is -0.117. The Bertz CT molecular complexity index is 1420. The predicted molar refractivity (Wildman–Crippen MR) is 150 cm³/mol. The second-order valence-electron chi connectivity index (χ2n) is 9.39. The molecule has 0 radical (unpaired) electrons. The number of nitrogens with zero attached hydrogens (tertiary/aromatic N) is 5. The van der Waals surface area contributed by atoms with E-state index in [2.05, 4.69) is 43.3 Å². The third kappa shape index (κ3) is 5.50. The summed E-state index contributed by atoms with van der Waals surface area (Å²) in [5, 5.41) is 5.01. The summed E-state index contributed by atoms with van der Waals surface area (Å²) in [5.74, 6) is 1.72. The van der Waals surface area contributed by atoms with E-state index >= 15 is 0 Å². The van der Waals surface area contributed by atoms with E-state index in [9.17, 15) is 4.79 Å². The summed E-state index contributed by atoms with van der Waals surface area (Å²) in [4.78, 5) is 31.0. The average molecular weight is 509 g/mol. The van der Waals surface area contributed by atoms with Crippen LogP contribution in [0.2, 0.25) is 0 Å². The number of pyridine rings is 1. The summed E-state index contributed by atoms with van der Waals surface area (Å²) < 4.78 is 0. The second-order valence-corrected chi connectivity index (χ2v) is 10.3. The Hall–Kier alpha value is -3.75. The van der Waals surface area contributed by atoms with Gasteiger partial charge in [0.2, 0.25) is 5.91 Å². The first kappa shape index (κ1) is 23.6. The molecule has 2 aliphatic heterocycles.